The van der Waals surface area contributed by atoms with Crippen LogP contribution in [-0.4, -0.2) is 41.5 Å². The molecule has 0 bridgehead atoms. The zero-order valence-electron chi connectivity index (χ0n) is 21.8. The molecule has 2 amide bonds. The molecule has 0 aromatic heterocycles. The van der Waals surface area contributed by atoms with Crippen LogP contribution in [0.15, 0.2) is 72.8 Å². The number of hydrogen-bond acceptors (Lipinski definition) is 6. The van der Waals surface area contributed by atoms with Crippen LogP contribution in [0.25, 0.3) is 0 Å². The summed E-state index contributed by atoms with van der Waals surface area (Å²) in [5, 5.41) is 13.1. The Balaban J connectivity index is 1.55. The highest BCUT2D eigenvalue weighted by Gasteiger charge is 2.39. The summed E-state index contributed by atoms with van der Waals surface area (Å²) in [5.74, 6) is 0.149. The highest BCUT2D eigenvalue weighted by atomic mass is 16.6. The van der Waals surface area contributed by atoms with Crippen LogP contribution < -0.4 is 19.7 Å². The summed E-state index contributed by atoms with van der Waals surface area (Å²) in [5.41, 5.74) is 1.46. The Labute approximate surface area is 227 Å². The smallest absolute Gasteiger partial charge is 0.272 e. The molecule has 5 rings (SSSR count). The SMILES string of the molecule is CC(=O)c1ccc(N(C(=O)[C@H]2COc3ccccc3O2)[C@H](C(=O)NC2CCCCC2)c2ccc(O)cc2)cc1. The van der Waals surface area contributed by atoms with Gasteiger partial charge in [0.15, 0.2) is 17.3 Å². The zero-order chi connectivity index (χ0) is 27.4. The number of aromatic hydroxyl groups is 1. The van der Waals surface area contributed by atoms with Crippen LogP contribution in [0.1, 0.15) is 61.0 Å². The number of Topliss-reactive ketones (excluding diaryl/α,β-unsaturated/α-hetero) is 1. The summed E-state index contributed by atoms with van der Waals surface area (Å²) in [6.45, 7) is 1.45. The highest BCUT2D eigenvalue weighted by Crippen LogP contribution is 2.35. The number of phenolic OH excluding ortho intramolecular Hbond substituents is 1. The molecule has 1 saturated carbocycles. The Kier molecular flexibility index (Phi) is 7.81. The molecule has 2 aliphatic rings. The van der Waals surface area contributed by atoms with Crippen molar-refractivity contribution in [3.05, 3.63) is 83.9 Å². The second-order valence-electron chi connectivity index (χ2n) is 10.0. The molecule has 3 aromatic rings. The van der Waals surface area contributed by atoms with Gasteiger partial charge in [0.05, 0.1) is 0 Å². The second kappa shape index (κ2) is 11.6. The van der Waals surface area contributed by atoms with Crippen molar-refractivity contribution < 1.29 is 29.0 Å². The van der Waals surface area contributed by atoms with E-state index in [1.54, 1.807) is 54.6 Å². The fourth-order valence-electron chi connectivity index (χ4n) is 5.16. The number of carbonyl (C=O) groups is 3. The summed E-state index contributed by atoms with van der Waals surface area (Å²) in [4.78, 5) is 41.6. The van der Waals surface area contributed by atoms with Crippen LogP contribution in [-0.2, 0) is 9.59 Å². The van der Waals surface area contributed by atoms with Gasteiger partial charge in [-0.3, -0.25) is 19.3 Å². The van der Waals surface area contributed by atoms with Crippen molar-refractivity contribution in [3.63, 3.8) is 0 Å². The van der Waals surface area contributed by atoms with E-state index < -0.39 is 18.1 Å². The number of ether oxygens (including phenoxy) is 2. The van der Waals surface area contributed by atoms with Crippen molar-refractivity contribution in [2.45, 2.75) is 57.2 Å². The number of phenols is 1. The van der Waals surface area contributed by atoms with Crippen molar-refractivity contribution in [2.75, 3.05) is 11.5 Å². The van der Waals surface area contributed by atoms with Gasteiger partial charge < -0.3 is 19.9 Å². The van der Waals surface area contributed by atoms with Crippen LogP contribution in [0.2, 0.25) is 0 Å². The lowest BCUT2D eigenvalue weighted by atomic mass is 9.94. The lowest BCUT2D eigenvalue weighted by Crippen LogP contribution is -2.52. The molecule has 8 nitrogen and oxygen atoms in total. The van der Waals surface area contributed by atoms with E-state index in [0.717, 1.165) is 32.1 Å². The Morgan fingerprint density at radius 1 is 0.897 bits per heavy atom. The van der Waals surface area contributed by atoms with E-state index in [2.05, 4.69) is 5.32 Å². The van der Waals surface area contributed by atoms with Gasteiger partial charge in [0, 0.05) is 17.3 Å². The number of carbonyl (C=O) groups excluding carboxylic acids is 3. The summed E-state index contributed by atoms with van der Waals surface area (Å²) in [6.07, 6.45) is 3.97. The van der Waals surface area contributed by atoms with Gasteiger partial charge in [0.1, 0.15) is 18.4 Å². The number of hydrogen-bond donors (Lipinski definition) is 2. The number of amides is 2. The van der Waals surface area contributed by atoms with Gasteiger partial charge >= 0.3 is 0 Å². The van der Waals surface area contributed by atoms with Crippen LogP contribution in [0.3, 0.4) is 0 Å². The van der Waals surface area contributed by atoms with Crippen LogP contribution in [0.5, 0.6) is 17.2 Å². The number of fused-ring (bicyclic) bond motifs is 1. The molecule has 1 heterocycles. The highest BCUT2D eigenvalue weighted by molar-refractivity contribution is 6.04. The molecule has 3 aromatic carbocycles. The second-order valence-corrected chi connectivity index (χ2v) is 10.0. The predicted octanol–water partition coefficient (Wildman–Crippen LogP) is 4.96. The molecular weight excluding hydrogens is 496 g/mol. The average molecular weight is 529 g/mol. The normalized spacial score (nSPS) is 17.6. The molecule has 0 spiro atoms. The third-order valence-corrected chi connectivity index (χ3v) is 7.24. The van der Waals surface area contributed by atoms with Crippen molar-refractivity contribution in [3.8, 4) is 17.2 Å². The molecule has 2 N–H and O–H groups in total. The molecule has 1 aliphatic heterocycles. The third kappa shape index (κ3) is 5.90. The zero-order valence-corrected chi connectivity index (χ0v) is 21.8. The van der Waals surface area contributed by atoms with Crippen LogP contribution in [0.4, 0.5) is 5.69 Å². The first-order valence-electron chi connectivity index (χ1n) is 13.3. The number of nitrogens with zero attached hydrogens (tertiary/aromatic N) is 1. The summed E-state index contributed by atoms with van der Waals surface area (Å²) >= 11 is 0. The van der Waals surface area contributed by atoms with Crippen molar-refractivity contribution in [1.82, 2.24) is 5.32 Å². The molecule has 0 saturated heterocycles. The van der Waals surface area contributed by atoms with Gasteiger partial charge in [-0.1, -0.05) is 43.5 Å². The Morgan fingerprint density at radius 3 is 2.23 bits per heavy atom. The predicted molar refractivity (Wildman–Crippen MR) is 146 cm³/mol. The fraction of sp³-hybridized carbons (Fsp3) is 0.323. The number of rotatable bonds is 7. The molecular formula is C31H32N2O6. The van der Waals surface area contributed by atoms with Crippen molar-refractivity contribution >= 4 is 23.3 Å². The lowest BCUT2D eigenvalue weighted by molar-refractivity contribution is -0.132. The topological polar surface area (TPSA) is 105 Å². The minimum Gasteiger partial charge on any atom is -0.508 e. The van der Waals surface area contributed by atoms with E-state index in [4.69, 9.17) is 9.47 Å². The van der Waals surface area contributed by atoms with E-state index in [1.807, 2.05) is 6.07 Å². The van der Waals surface area contributed by atoms with Gasteiger partial charge in [-0.25, -0.2) is 0 Å². The standard InChI is InChI=1S/C31H32N2O6/c1-20(34)21-11-15-24(16-12-21)33(31(37)28-19-38-26-9-5-6-10-27(26)39-28)29(22-13-17-25(35)18-14-22)30(36)32-23-7-3-2-4-8-23/h5-6,9-18,23,28-29,35H,2-4,7-8,19H2,1H3,(H,32,36)/t28-,29+/m1/s1. The number of benzene rings is 3. The maximum Gasteiger partial charge on any atom is 0.272 e. The monoisotopic (exact) mass is 528 g/mol. The maximum absolute atomic E-state index is 14.2. The molecule has 0 radical (unpaired) electrons. The number of anilines is 1. The first kappa shape index (κ1) is 26.3. The molecule has 8 heteroatoms. The van der Waals surface area contributed by atoms with E-state index in [0.29, 0.717) is 28.3 Å². The first-order valence-corrected chi connectivity index (χ1v) is 13.3. The van der Waals surface area contributed by atoms with Gasteiger partial charge in [-0.15, -0.1) is 0 Å². The largest absolute Gasteiger partial charge is 0.508 e. The Hall–Kier alpha value is -4.33. The van der Waals surface area contributed by atoms with Crippen molar-refractivity contribution in [1.29, 1.82) is 0 Å². The van der Waals surface area contributed by atoms with E-state index in [1.165, 1.54) is 24.0 Å². The molecule has 1 fully saturated rings. The van der Waals surface area contributed by atoms with Gasteiger partial charge in [0.2, 0.25) is 12.0 Å². The van der Waals surface area contributed by atoms with Crippen LogP contribution in [0, 0.1) is 0 Å². The van der Waals surface area contributed by atoms with Gasteiger partial charge in [0.25, 0.3) is 5.91 Å². The summed E-state index contributed by atoms with van der Waals surface area (Å²) in [6, 6.07) is 18.9. The number of ketones is 1. The van der Waals surface area contributed by atoms with E-state index >= 15 is 0 Å². The maximum atomic E-state index is 14.2. The quantitative estimate of drug-likeness (QED) is 0.420. The molecule has 0 unspecified atom stereocenters. The van der Waals surface area contributed by atoms with Gasteiger partial charge in [-0.2, -0.15) is 0 Å². The summed E-state index contributed by atoms with van der Waals surface area (Å²) < 4.78 is 11.9. The molecule has 202 valence electrons. The average Bonchev–Trinajstić information content (AvgIpc) is 2.96. The minimum atomic E-state index is -1.05. The first-order chi connectivity index (χ1) is 18.9. The molecule has 2 atom stereocenters. The third-order valence-electron chi connectivity index (χ3n) is 7.24. The summed E-state index contributed by atoms with van der Waals surface area (Å²) in [7, 11) is 0. The fourth-order valence-corrected chi connectivity index (χ4v) is 5.16. The number of nitrogens with one attached hydrogen (secondary N) is 1. The Bertz CT molecular complexity index is 1330. The number of para-hydroxylation sites is 2. The van der Waals surface area contributed by atoms with Crippen LogP contribution >= 0.6 is 0 Å². The van der Waals surface area contributed by atoms with Crippen molar-refractivity contribution in [2.24, 2.45) is 0 Å². The molecule has 39 heavy (non-hydrogen) atoms. The Morgan fingerprint density at radius 2 is 1.56 bits per heavy atom. The minimum absolute atomic E-state index is 0.0176. The lowest BCUT2D eigenvalue weighted by Gasteiger charge is -2.36. The van der Waals surface area contributed by atoms with E-state index in [-0.39, 0.29) is 30.1 Å². The van der Waals surface area contributed by atoms with E-state index in [9.17, 15) is 19.5 Å². The van der Waals surface area contributed by atoms with Gasteiger partial charge in [-0.05, 0) is 73.9 Å². The molecule has 1 aliphatic carbocycles.